The number of carbonyl (C=O) groups is 1. The maximum Gasteiger partial charge on any atom is 0.311 e. The van der Waals surface area contributed by atoms with E-state index in [1.807, 2.05) is 0 Å². The molecular weight excluding hydrogens is 360 g/mol. The van der Waals surface area contributed by atoms with Crippen molar-refractivity contribution in [1.82, 2.24) is 0 Å². The Morgan fingerprint density at radius 1 is 0.828 bits per heavy atom. The average Bonchev–Trinajstić information content (AvgIpc) is 3.37. The number of carbonyl (C=O) groups excluding carboxylic acids is 1. The molecule has 5 fully saturated rings. The van der Waals surface area contributed by atoms with Crippen LogP contribution in [0.25, 0.3) is 0 Å². The van der Waals surface area contributed by atoms with Crippen LogP contribution in [0.3, 0.4) is 0 Å². The van der Waals surface area contributed by atoms with E-state index in [1.54, 1.807) is 0 Å². The van der Waals surface area contributed by atoms with E-state index in [0.29, 0.717) is 16.7 Å². The van der Waals surface area contributed by atoms with E-state index in [0.717, 1.165) is 73.7 Å². The van der Waals surface area contributed by atoms with Crippen LogP contribution in [0.2, 0.25) is 0 Å². The highest BCUT2D eigenvalue weighted by Crippen LogP contribution is 2.75. The first-order valence-corrected chi connectivity index (χ1v) is 12.4. The molecule has 29 heavy (non-hydrogen) atoms. The first-order valence-electron chi connectivity index (χ1n) is 12.4. The van der Waals surface area contributed by atoms with Crippen LogP contribution in [0.1, 0.15) is 80.1 Å². The van der Waals surface area contributed by atoms with Gasteiger partial charge < -0.3 is 9.47 Å². The maximum atomic E-state index is 13.1. The lowest BCUT2D eigenvalue weighted by Gasteiger charge is -2.53. The van der Waals surface area contributed by atoms with Crippen molar-refractivity contribution in [2.24, 2.45) is 64.1 Å². The highest BCUT2D eigenvalue weighted by molar-refractivity contribution is 5.73. The molecule has 0 spiro atoms. The Balaban J connectivity index is 1.36. The molecule has 1 saturated heterocycles. The largest absolute Gasteiger partial charge is 0.436 e. The minimum atomic E-state index is -0.279. The molecule has 5 aliphatic rings. The van der Waals surface area contributed by atoms with Gasteiger partial charge >= 0.3 is 5.97 Å². The number of hydrogen-bond acceptors (Lipinski definition) is 3. The molecule has 0 aromatic heterocycles. The number of hydrogen-bond donors (Lipinski definition) is 0. The van der Waals surface area contributed by atoms with E-state index in [1.165, 1.54) is 12.8 Å². The number of fused-ring (bicyclic) bond motifs is 9. The Morgan fingerprint density at radius 3 is 2.07 bits per heavy atom. The lowest BCUT2D eigenvalue weighted by Crippen LogP contribution is -2.49. The van der Waals surface area contributed by atoms with Gasteiger partial charge in [0.1, 0.15) is 0 Å². The lowest BCUT2D eigenvalue weighted by atomic mass is 9.52. The van der Waals surface area contributed by atoms with Gasteiger partial charge in [-0.15, -0.1) is 0 Å². The van der Waals surface area contributed by atoms with Crippen LogP contribution < -0.4 is 0 Å². The highest BCUT2D eigenvalue weighted by Gasteiger charge is 2.70. The molecule has 0 amide bonds. The van der Waals surface area contributed by atoms with Crippen molar-refractivity contribution in [2.45, 2.75) is 86.4 Å². The van der Waals surface area contributed by atoms with Crippen molar-refractivity contribution in [3.63, 3.8) is 0 Å². The zero-order valence-corrected chi connectivity index (χ0v) is 19.4. The summed E-state index contributed by atoms with van der Waals surface area (Å²) in [5.41, 5.74) is 0.719. The summed E-state index contributed by atoms with van der Waals surface area (Å²) in [6.07, 6.45) is 6.59. The van der Waals surface area contributed by atoms with Crippen LogP contribution in [-0.2, 0) is 14.3 Å². The van der Waals surface area contributed by atoms with Crippen molar-refractivity contribution in [3.8, 4) is 0 Å². The fraction of sp³-hybridized carbons (Fsp3) is 0.962. The van der Waals surface area contributed by atoms with Gasteiger partial charge in [-0.3, -0.25) is 4.79 Å². The van der Waals surface area contributed by atoms with Crippen molar-refractivity contribution in [3.05, 3.63) is 0 Å². The van der Waals surface area contributed by atoms with Gasteiger partial charge in [0.05, 0.1) is 12.5 Å². The summed E-state index contributed by atoms with van der Waals surface area (Å²) in [4.78, 5) is 13.1. The molecule has 0 radical (unpaired) electrons. The van der Waals surface area contributed by atoms with Crippen molar-refractivity contribution < 1.29 is 14.3 Å². The fourth-order valence-corrected chi connectivity index (χ4v) is 9.28. The summed E-state index contributed by atoms with van der Waals surface area (Å²) < 4.78 is 11.6. The van der Waals surface area contributed by atoms with Gasteiger partial charge in [-0.05, 0) is 90.3 Å². The molecule has 4 bridgehead atoms. The third-order valence-corrected chi connectivity index (χ3v) is 9.66. The van der Waals surface area contributed by atoms with Crippen LogP contribution in [0.5, 0.6) is 0 Å². The fourth-order valence-electron chi connectivity index (χ4n) is 9.28. The standard InChI is InChI=1S/C26H42O3/c1-25(2,3)22-17-13-18(23(22)26(4,5)6)21-15-11-14(20(17)21)12-16(15)24(27)29-19-9-7-8-10-28-19/h14-23H,7-13H2,1-6H3. The first-order chi connectivity index (χ1) is 13.6. The molecule has 3 nitrogen and oxygen atoms in total. The second kappa shape index (κ2) is 6.71. The van der Waals surface area contributed by atoms with Crippen LogP contribution in [0.4, 0.5) is 0 Å². The molecule has 0 aromatic carbocycles. The van der Waals surface area contributed by atoms with E-state index in [4.69, 9.17) is 9.47 Å². The Hall–Kier alpha value is -0.570. The molecular formula is C26H42O3. The molecule has 4 aliphatic carbocycles. The second-order valence-electron chi connectivity index (χ2n) is 13.2. The Labute approximate surface area is 177 Å². The van der Waals surface area contributed by atoms with Crippen LogP contribution in [0.15, 0.2) is 0 Å². The zero-order valence-electron chi connectivity index (χ0n) is 19.4. The molecule has 5 rings (SSSR count). The number of ether oxygens (including phenoxy) is 2. The molecule has 1 heterocycles. The molecule has 0 N–H and O–H groups in total. The quantitative estimate of drug-likeness (QED) is 0.425. The van der Waals surface area contributed by atoms with E-state index in [2.05, 4.69) is 41.5 Å². The number of esters is 1. The molecule has 164 valence electrons. The van der Waals surface area contributed by atoms with Gasteiger partial charge in [-0.25, -0.2) is 0 Å². The van der Waals surface area contributed by atoms with Crippen molar-refractivity contribution in [1.29, 1.82) is 0 Å². The molecule has 10 atom stereocenters. The predicted octanol–water partition coefficient (Wildman–Crippen LogP) is 5.92. The average molecular weight is 403 g/mol. The maximum absolute atomic E-state index is 13.1. The summed E-state index contributed by atoms with van der Waals surface area (Å²) in [7, 11) is 0. The smallest absolute Gasteiger partial charge is 0.311 e. The van der Waals surface area contributed by atoms with E-state index >= 15 is 0 Å². The topological polar surface area (TPSA) is 35.5 Å². The van der Waals surface area contributed by atoms with Gasteiger partial charge in [0.2, 0.25) is 6.29 Å². The zero-order chi connectivity index (χ0) is 20.7. The summed E-state index contributed by atoms with van der Waals surface area (Å²) >= 11 is 0. The highest BCUT2D eigenvalue weighted by atomic mass is 16.7. The molecule has 1 aliphatic heterocycles. The minimum absolute atomic E-state index is 0.0605. The molecule has 0 aromatic rings. The lowest BCUT2D eigenvalue weighted by molar-refractivity contribution is -0.194. The van der Waals surface area contributed by atoms with Gasteiger partial charge in [-0.1, -0.05) is 41.5 Å². The van der Waals surface area contributed by atoms with Crippen molar-refractivity contribution in [2.75, 3.05) is 6.61 Å². The van der Waals surface area contributed by atoms with Gasteiger partial charge in [0.25, 0.3) is 0 Å². The summed E-state index contributed by atoms with van der Waals surface area (Å²) in [5.74, 6) is 6.48. The van der Waals surface area contributed by atoms with E-state index in [9.17, 15) is 4.79 Å². The normalized spacial score (nSPS) is 48.8. The Bertz CT molecular complexity index is 650. The van der Waals surface area contributed by atoms with Gasteiger partial charge in [0, 0.05) is 6.42 Å². The summed E-state index contributed by atoms with van der Waals surface area (Å²) in [6.45, 7) is 15.6. The van der Waals surface area contributed by atoms with Crippen LogP contribution >= 0.6 is 0 Å². The Kier molecular flexibility index (Phi) is 4.71. The van der Waals surface area contributed by atoms with Gasteiger partial charge in [0.15, 0.2) is 0 Å². The summed E-state index contributed by atoms with van der Waals surface area (Å²) in [6, 6.07) is 0. The second-order valence-corrected chi connectivity index (χ2v) is 13.2. The SMILES string of the molecule is CC(C)(C)C1C2CC(C3C4CC(CC4C(=O)OC4CCCCO4)C23)C1C(C)(C)C. The monoisotopic (exact) mass is 402 g/mol. The summed E-state index contributed by atoms with van der Waals surface area (Å²) in [5, 5.41) is 0. The third-order valence-electron chi connectivity index (χ3n) is 9.66. The first kappa shape index (κ1) is 20.3. The minimum Gasteiger partial charge on any atom is -0.436 e. The van der Waals surface area contributed by atoms with Crippen molar-refractivity contribution >= 4 is 5.97 Å². The van der Waals surface area contributed by atoms with Gasteiger partial charge in [-0.2, -0.15) is 0 Å². The van der Waals surface area contributed by atoms with Crippen LogP contribution in [-0.4, -0.2) is 18.9 Å². The Morgan fingerprint density at radius 2 is 1.48 bits per heavy atom. The third kappa shape index (κ3) is 3.12. The molecule has 3 heteroatoms. The van der Waals surface area contributed by atoms with E-state index < -0.39 is 0 Å². The van der Waals surface area contributed by atoms with E-state index in [-0.39, 0.29) is 18.2 Å². The predicted molar refractivity (Wildman–Crippen MR) is 114 cm³/mol. The molecule has 10 unspecified atom stereocenters. The number of rotatable bonds is 2. The van der Waals surface area contributed by atoms with Crippen LogP contribution in [0, 0.1) is 64.1 Å². The molecule has 4 saturated carbocycles.